The second-order valence-electron chi connectivity index (χ2n) is 6.83. The molecule has 0 fully saturated rings. The number of amides is 1. The molecule has 8 heteroatoms. The Balaban J connectivity index is 1.82. The maximum atomic E-state index is 12.9. The monoisotopic (exact) mass is 395 g/mol. The van der Waals surface area contributed by atoms with Crippen molar-refractivity contribution >= 4 is 11.9 Å². The molecule has 0 spiro atoms. The van der Waals surface area contributed by atoms with Crippen LogP contribution in [0.25, 0.3) is 5.82 Å². The molecule has 0 bridgehead atoms. The van der Waals surface area contributed by atoms with E-state index in [1.165, 1.54) is 0 Å². The molecule has 0 aliphatic rings. The number of hydrogen-bond donors (Lipinski definition) is 2. The molecule has 2 N–H and O–H groups in total. The van der Waals surface area contributed by atoms with E-state index in [0.717, 1.165) is 11.3 Å². The number of aromatic amines is 1. The molecule has 0 unspecified atom stereocenters. The summed E-state index contributed by atoms with van der Waals surface area (Å²) in [6, 6.07) is 5.33. The highest BCUT2D eigenvalue weighted by molar-refractivity contribution is 6.01. The molecule has 1 atom stereocenters. The van der Waals surface area contributed by atoms with Crippen LogP contribution in [-0.4, -0.2) is 38.2 Å². The molecule has 3 rings (SSSR count). The van der Waals surface area contributed by atoms with E-state index in [9.17, 15) is 9.59 Å². The van der Waals surface area contributed by atoms with Crippen molar-refractivity contribution in [3.63, 3.8) is 0 Å². The Labute approximate surface area is 169 Å². The van der Waals surface area contributed by atoms with E-state index in [0.29, 0.717) is 28.3 Å². The summed E-state index contributed by atoms with van der Waals surface area (Å²) in [5.74, 6) is -0.0110. The molecule has 3 aromatic rings. The Morgan fingerprint density at radius 3 is 2.69 bits per heavy atom. The number of aryl methyl sites for hydroxylation is 1. The molecular weight excluding hydrogens is 370 g/mol. The quantitative estimate of drug-likeness (QED) is 0.624. The van der Waals surface area contributed by atoms with E-state index in [1.54, 1.807) is 37.8 Å². The van der Waals surface area contributed by atoms with Crippen LogP contribution in [-0.2, 0) is 4.74 Å². The molecule has 0 aliphatic carbocycles. The molecule has 0 aliphatic heterocycles. The minimum atomic E-state index is -0.465. The smallest absolute Gasteiger partial charge is 0.355 e. The van der Waals surface area contributed by atoms with E-state index in [4.69, 9.17) is 4.74 Å². The third-order valence-corrected chi connectivity index (χ3v) is 4.87. The maximum absolute atomic E-state index is 12.9. The molecule has 0 radical (unpaired) electrons. The van der Waals surface area contributed by atoms with Crippen LogP contribution < -0.4 is 5.32 Å². The number of esters is 1. The lowest BCUT2D eigenvalue weighted by atomic mass is 10.1. The Kier molecular flexibility index (Phi) is 5.81. The van der Waals surface area contributed by atoms with Crippen LogP contribution >= 0.6 is 0 Å². The zero-order valence-electron chi connectivity index (χ0n) is 17.2. The van der Waals surface area contributed by atoms with Gasteiger partial charge in [0.15, 0.2) is 5.82 Å². The largest absolute Gasteiger partial charge is 0.461 e. The highest BCUT2D eigenvalue weighted by Crippen LogP contribution is 2.22. The zero-order valence-corrected chi connectivity index (χ0v) is 17.2. The number of rotatable bonds is 6. The van der Waals surface area contributed by atoms with E-state index >= 15 is 0 Å². The van der Waals surface area contributed by atoms with E-state index in [-0.39, 0.29) is 18.6 Å². The normalized spacial score (nSPS) is 11.9. The highest BCUT2D eigenvalue weighted by atomic mass is 16.5. The minimum Gasteiger partial charge on any atom is -0.461 e. The molecule has 0 saturated carbocycles. The summed E-state index contributed by atoms with van der Waals surface area (Å²) in [5, 5.41) is 7.40. The minimum absolute atomic E-state index is 0.260. The van der Waals surface area contributed by atoms with Gasteiger partial charge in [-0.05, 0) is 52.3 Å². The highest BCUT2D eigenvalue weighted by Gasteiger charge is 2.24. The maximum Gasteiger partial charge on any atom is 0.355 e. The topological polar surface area (TPSA) is 102 Å². The van der Waals surface area contributed by atoms with Crippen molar-refractivity contribution in [1.82, 2.24) is 25.1 Å². The number of ether oxygens (including phenoxy) is 1. The van der Waals surface area contributed by atoms with Crippen LogP contribution in [0.2, 0.25) is 0 Å². The molecular formula is C21H25N5O3. The van der Waals surface area contributed by atoms with Crippen molar-refractivity contribution in [1.29, 1.82) is 0 Å². The van der Waals surface area contributed by atoms with Crippen molar-refractivity contribution in [2.24, 2.45) is 0 Å². The van der Waals surface area contributed by atoms with Crippen molar-refractivity contribution in [2.75, 3.05) is 6.61 Å². The fourth-order valence-electron chi connectivity index (χ4n) is 3.40. The molecule has 29 heavy (non-hydrogen) atoms. The van der Waals surface area contributed by atoms with Gasteiger partial charge in [0.1, 0.15) is 5.69 Å². The molecule has 0 aromatic carbocycles. The average molecular weight is 395 g/mol. The Morgan fingerprint density at radius 2 is 2.03 bits per heavy atom. The summed E-state index contributed by atoms with van der Waals surface area (Å²) in [5.41, 5.74) is 3.74. The summed E-state index contributed by atoms with van der Waals surface area (Å²) in [6.07, 6.45) is 3.44. The third kappa shape index (κ3) is 3.91. The van der Waals surface area contributed by atoms with Gasteiger partial charge in [0, 0.05) is 23.1 Å². The van der Waals surface area contributed by atoms with E-state index in [1.807, 2.05) is 32.0 Å². The number of H-pyrrole nitrogens is 1. The lowest BCUT2D eigenvalue weighted by molar-refractivity contribution is 0.0519. The van der Waals surface area contributed by atoms with Gasteiger partial charge in [0.05, 0.1) is 24.4 Å². The number of aromatic nitrogens is 4. The summed E-state index contributed by atoms with van der Waals surface area (Å²) >= 11 is 0. The van der Waals surface area contributed by atoms with E-state index < -0.39 is 5.97 Å². The standard InChI is InChI=1S/C21H25N5O3/c1-6-29-21(28)19-12(2)18(14(4)24-19)20(27)25-13(3)16-11-23-26(15(16)5)17-9-7-8-10-22-17/h7-11,13,24H,6H2,1-5H3,(H,25,27)/t13-/m1/s1. The second kappa shape index (κ2) is 8.30. The van der Waals surface area contributed by atoms with Gasteiger partial charge in [-0.3, -0.25) is 4.79 Å². The SMILES string of the molecule is CCOC(=O)c1[nH]c(C)c(C(=O)N[C@H](C)c2cnn(-c3ccccn3)c2C)c1C. The van der Waals surface area contributed by atoms with Crippen LogP contribution in [0.3, 0.4) is 0 Å². The molecule has 152 valence electrons. The first-order valence-electron chi connectivity index (χ1n) is 9.48. The number of carbonyl (C=O) groups excluding carboxylic acids is 2. The van der Waals surface area contributed by atoms with Crippen LogP contribution in [0.4, 0.5) is 0 Å². The lowest BCUT2D eigenvalue weighted by Gasteiger charge is -2.14. The van der Waals surface area contributed by atoms with Crippen LogP contribution in [0.15, 0.2) is 30.6 Å². The summed E-state index contributed by atoms with van der Waals surface area (Å²) < 4.78 is 6.79. The van der Waals surface area contributed by atoms with Crippen molar-refractivity contribution in [3.8, 4) is 5.82 Å². The lowest BCUT2D eigenvalue weighted by Crippen LogP contribution is -2.27. The first kappa shape index (κ1) is 20.3. The predicted molar refractivity (Wildman–Crippen MR) is 108 cm³/mol. The van der Waals surface area contributed by atoms with Crippen LogP contribution in [0, 0.1) is 20.8 Å². The van der Waals surface area contributed by atoms with Gasteiger partial charge in [-0.2, -0.15) is 5.10 Å². The summed E-state index contributed by atoms with van der Waals surface area (Å²) in [6.45, 7) is 9.35. The average Bonchev–Trinajstić information content (AvgIpc) is 3.22. The van der Waals surface area contributed by atoms with Crippen molar-refractivity contribution in [3.05, 3.63) is 64.4 Å². The van der Waals surface area contributed by atoms with Crippen LogP contribution in [0.5, 0.6) is 0 Å². The molecule has 3 aromatic heterocycles. The number of nitrogens with zero attached hydrogens (tertiary/aromatic N) is 3. The predicted octanol–water partition coefficient (Wildman–Crippen LogP) is 3.19. The molecule has 0 saturated heterocycles. The number of nitrogens with one attached hydrogen (secondary N) is 2. The van der Waals surface area contributed by atoms with Gasteiger partial charge in [-0.1, -0.05) is 6.07 Å². The summed E-state index contributed by atoms with van der Waals surface area (Å²) in [4.78, 5) is 32.3. The fraction of sp³-hybridized carbons (Fsp3) is 0.333. The first-order chi connectivity index (χ1) is 13.8. The van der Waals surface area contributed by atoms with Crippen molar-refractivity contribution < 1.29 is 14.3 Å². The first-order valence-corrected chi connectivity index (χ1v) is 9.48. The third-order valence-electron chi connectivity index (χ3n) is 4.87. The van der Waals surface area contributed by atoms with Gasteiger partial charge in [-0.15, -0.1) is 0 Å². The number of pyridine rings is 1. The molecule has 8 nitrogen and oxygen atoms in total. The second-order valence-corrected chi connectivity index (χ2v) is 6.83. The molecule has 1 amide bonds. The Bertz CT molecular complexity index is 1040. The van der Waals surface area contributed by atoms with Gasteiger partial charge in [-0.25, -0.2) is 14.5 Å². The number of carbonyl (C=O) groups is 2. The Hall–Kier alpha value is -3.42. The Morgan fingerprint density at radius 1 is 1.28 bits per heavy atom. The van der Waals surface area contributed by atoms with Gasteiger partial charge in [0.25, 0.3) is 5.91 Å². The van der Waals surface area contributed by atoms with E-state index in [2.05, 4.69) is 20.4 Å². The van der Waals surface area contributed by atoms with Gasteiger partial charge < -0.3 is 15.0 Å². The zero-order chi connectivity index (χ0) is 21.1. The van der Waals surface area contributed by atoms with Gasteiger partial charge >= 0.3 is 5.97 Å². The molecule has 3 heterocycles. The summed E-state index contributed by atoms with van der Waals surface area (Å²) in [7, 11) is 0. The number of hydrogen-bond acceptors (Lipinski definition) is 5. The van der Waals surface area contributed by atoms with Crippen LogP contribution in [0.1, 0.15) is 63.3 Å². The fourth-order valence-corrected chi connectivity index (χ4v) is 3.40. The van der Waals surface area contributed by atoms with Gasteiger partial charge in [0.2, 0.25) is 0 Å². The van der Waals surface area contributed by atoms with Crippen molar-refractivity contribution in [2.45, 2.75) is 40.7 Å².